The summed E-state index contributed by atoms with van der Waals surface area (Å²) in [6.07, 6.45) is 2.30. The molecule has 0 bridgehead atoms. The van der Waals surface area contributed by atoms with Crippen LogP contribution in [0.25, 0.3) is 10.9 Å². The normalized spacial score (nSPS) is 11.9. The highest BCUT2D eigenvalue weighted by molar-refractivity contribution is 7.90. The van der Waals surface area contributed by atoms with Crippen molar-refractivity contribution in [1.29, 1.82) is 0 Å². The lowest BCUT2D eigenvalue weighted by molar-refractivity contribution is -0.121. The van der Waals surface area contributed by atoms with Gasteiger partial charge in [0.25, 0.3) is 0 Å². The molecule has 0 saturated carbocycles. The van der Waals surface area contributed by atoms with Crippen LogP contribution < -0.4 is 5.32 Å². The van der Waals surface area contributed by atoms with Gasteiger partial charge in [0.05, 0.1) is 10.6 Å². The molecule has 30 heavy (non-hydrogen) atoms. The van der Waals surface area contributed by atoms with Crippen LogP contribution >= 0.6 is 0 Å². The number of fused-ring (bicyclic) bond motifs is 1. The van der Waals surface area contributed by atoms with E-state index in [2.05, 4.69) is 5.32 Å². The van der Waals surface area contributed by atoms with E-state index >= 15 is 0 Å². The molecule has 6 nitrogen and oxygen atoms in total. The second-order valence-corrected chi connectivity index (χ2v) is 9.45. The summed E-state index contributed by atoms with van der Waals surface area (Å²) in [6, 6.07) is 12.9. The summed E-state index contributed by atoms with van der Waals surface area (Å²) in [7, 11) is 0.133. The van der Waals surface area contributed by atoms with Crippen molar-refractivity contribution in [2.24, 2.45) is 0 Å². The number of halogens is 1. The molecule has 160 valence electrons. The number of aromatic nitrogens is 1. The monoisotopic (exact) mass is 431 g/mol. The van der Waals surface area contributed by atoms with E-state index in [9.17, 15) is 17.6 Å². The minimum absolute atomic E-state index is 0.0116. The SMILES string of the molecule is CN(C)CCCNC(=O)Cn1cc(S(=O)(=O)Cc2ccccc2F)c2ccccc21. The molecular formula is C22H26FN3O3S. The largest absolute Gasteiger partial charge is 0.355 e. The highest BCUT2D eigenvalue weighted by Gasteiger charge is 2.23. The molecule has 0 aliphatic heterocycles. The summed E-state index contributed by atoms with van der Waals surface area (Å²) in [5.74, 6) is -1.18. The minimum atomic E-state index is -3.81. The number of hydrogen-bond acceptors (Lipinski definition) is 4. The molecule has 0 spiro atoms. The van der Waals surface area contributed by atoms with Crippen LogP contribution in [-0.4, -0.2) is 51.0 Å². The summed E-state index contributed by atoms with van der Waals surface area (Å²) >= 11 is 0. The average Bonchev–Trinajstić information content (AvgIpc) is 3.06. The molecule has 0 aliphatic carbocycles. The maximum Gasteiger partial charge on any atom is 0.239 e. The number of rotatable bonds is 9. The third-order valence-corrected chi connectivity index (χ3v) is 6.50. The number of nitrogens with one attached hydrogen (secondary N) is 1. The summed E-state index contributed by atoms with van der Waals surface area (Å²) < 4.78 is 41.7. The average molecular weight is 432 g/mol. The number of carbonyl (C=O) groups is 1. The molecule has 1 heterocycles. The summed E-state index contributed by atoms with van der Waals surface area (Å²) in [5, 5.41) is 3.38. The Kier molecular flexibility index (Phi) is 6.89. The first-order chi connectivity index (χ1) is 14.3. The molecule has 3 rings (SSSR count). The zero-order valence-electron chi connectivity index (χ0n) is 17.1. The van der Waals surface area contributed by atoms with E-state index in [1.165, 1.54) is 24.4 Å². The topological polar surface area (TPSA) is 71.4 Å². The number of carbonyl (C=O) groups excluding carboxylic acids is 1. The Morgan fingerprint density at radius 1 is 1.10 bits per heavy atom. The fraction of sp³-hybridized carbons (Fsp3) is 0.318. The molecule has 0 unspecified atom stereocenters. The Bertz CT molecular complexity index is 1140. The Balaban J connectivity index is 1.83. The maximum atomic E-state index is 14.0. The lowest BCUT2D eigenvalue weighted by Gasteiger charge is -2.10. The number of hydrogen-bond donors (Lipinski definition) is 1. The van der Waals surface area contributed by atoms with E-state index in [0.717, 1.165) is 13.0 Å². The van der Waals surface area contributed by atoms with Gasteiger partial charge in [-0.2, -0.15) is 0 Å². The van der Waals surface area contributed by atoms with Crippen molar-refractivity contribution in [3.05, 3.63) is 66.1 Å². The standard InChI is InChI=1S/C22H26FN3O3S/c1-25(2)13-7-12-24-22(27)15-26-14-21(18-9-4-6-11-20(18)26)30(28,29)16-17-8-3-5-10-19(17)23/h3-6,8-11,14H,7,12-13,15-16H2,1-2H3,(H,24,27). The molecule has 0 atom stereocenters. The van der Waals surface area contributed by atoms with E-state index in [4.69, 9.17) is 0 Å². The number of sulfone groups is 1. The Labute approximate surface area is 176 Å². The molecule has 1 amide bonds. The molecule has 1 aromatic heterocycles. The van der Waals surface area contributed by atoms with E-state index in [-0.39, 0.29) is 22.9 Å². The number of nitrogens with zero attached hydrogens (tertiary/aromatic N) is 2. The molecule has 3 aromatic rings. The van der Waals surface area contributed by atoms with Crippen LogP contribution in [0.3, 0.4) is 0 Å². The van der Waals surface area contributed by atoms with Crippen molar-refractivity contribution in [3.63, 3.8) is 0 Å². The summed E-state index contributed by atoms with van der Waals surface area (Å²) in [5.41, 5.74) is 0.765. The van der Waals surface area contributed by atoms with Crippen molar-refractivity contribution in [1.82, 2.24) is 14.8 Å². The minimum Gasteiger partial charge on any atom is -0.355 e. The third kappa shape index (κ3) is 5.25. The van der Waals surface area contributed by atoms with E-state index in [1.807, 2.05) is 19.0 Å². The molecule has 0 aliphatic rings. The Morgan fingerprint density at radius 3 is 2.53 bits per heavy atom. The summed E-state index contributed by atoms with van der Waals surface area (Å²) in [6.45, 7) is 1.43. The van der Waals surface area contributed by atoms with Gasteiger partial charge >= 0.3 is 0 Å². The smallest absolute Gasteiger partial charge is 0.239 e. The highest BCUT2D eigenvalue weighted by atomic mass is 32.2. The van der Waals surface area contributed by atoms with Crippen LogP contribution in [0.4, 0.5) is 4.39 Å². The second kappa shape index (κ2) is 9.40. The van der Waals surface area contributed by atoms with Crippen LogP contribution in [-0.2, 0) is 26.9 Å². The fourth-order valence-electron chi connectivity index (χ4n) is 3.32. The Hall–Kier alpha value is -2.71. The number of amides is 1. The number of benzene rings is 2. The molecule has 1 N–H and O–H groups in total. The van der Waals surface area contributed by atoms with Crippen molar-refractivity contribution in [3.8, 4) is 0 Å². The molecule has 0 fully saturated rings. The van der Waals surface area contributed by atoms with Gasteiger partial charge in [0.2, 0.25) is 5.91 Å². The van der Waals surface area contributed by atoms with E-state index < -0.39 is 21.4 Å². The first-order valence-electron chi connectivity index (χ1n) is 9.73. The van der Waals surface area contributed by atoms with Crippen molar-refractivity contribution >= 4 is 26.6 Å². The second-order valence-electron chi connectivity index (χ2n) is 7.50. The molecule has 0 radical (unpaired) electrons. The third-order valence-electron chi connectivity index (χ3n) is 4.81. The summed E-state index contributed by atoms with van der Waals surface area (Å²) in [4.78, 5) is 14.5. The highest BCUT2D eigenvalue weighted by Crippen LogP contribution is 2.28. The molecule has 2 aromatic carbocycles. The molecule has 8 heteroatoms. The van der Waals surface area contributed by atoms with Gasteiger partial charge in [-0.1, -0.05) is 36.4 Å². The zero-order valence-corrected chi connectivity index (χ0v) is 18.0. The predicted octanol–water partition coefficient (Wildman–Crippen LogP) is 2.82. The lowest BCUT2D eigenvalue weighted by atomic mass is 10.2. The molecular weight excluding hydrogens is 405 g/mol. The lowest BCUT2D eigenvalue weighted by Crippen LogP contribution is -2.30. The van der Waals surface area contributed by atoms with E-state index in [0.29, 0.717) is 17.4 Å². The van der Waals surface area contributed by atoms with Crippen LogP contribution in [0.15, 0.2) is 59.6 Å². The van der Waals surface area contributed by atoms with Gasteiger partial charge in [-0.25, -0.2) is 12.8 Å². The van der Waals surface area contributed by atoms with Gasteiger partial charge in [0, 0.05) is 29.2 Å². The van der Waals surface area contributed by atoms with Gasteiger partial charge in [-0.05, 0) is 39.2 Å². The van der Waals surface area contributed by atoms with Gasteiger partial charge < -0.3 is 14.8 Å². The van der Waals surface area contributed by atoms with Crippen molar-refractivity contribution in [2.75, 3.05) is 27.2 Å². The predicted molar refractivity (Wildman–Crippen MR) is 115 cm³/mol. The van der Waals surface area contributed by atoms with E-state index in [1.54, 1.807) is 34.9 Å². The quantitative estimate of drug-likeness (QED) is 0.529. The number of para-hydroxylation sites is 1. The Morgan fingerprint density at radius 2 is 1.80 bits per heavy atom. The maximum absolute atomic E-state index is 14.0. The first kappa shape index (κ1) is 22.0. The van der Waals surface area contributed by atoms with Crippen molar-refractivity contribution < 1.29 is 17.6 Å². The zero-order chi connectivity index (χ0) is 21.7. The van der Waals surface area contributed by atoms with Gasteiger partial charge in [-0.15, -0.1) is 0 Å². The van der Waals surface area contributed by atoms with Crippen LogP contribution in [0, 0.1) is 5.82 Å². The fourth-order valence-corrected chi connectivity index (χ4v) is 4.92. The van der Waals surface area contributed by atoms with Crippen LogP contribution in [0.5, 0.6) is 0 Å². The van der Waals surface area contributed by atoms with Gasteiger partial charge in [0.15, 0.2) is 9.84 Å². The molecule has 0 saturated heterocycles. The first-order valence-corrected chi connectivity index (χ1v) is 11.4. The van der Waals surface area contributed by atoms with Crippen LogP contribution in [0.2, 0.25) is 0 Å². The van der Waals surface area contributed by atoms with Crippen LogP contribution in [0.1, 0.15) is 12.0 Å². The van der Waals surface area contributed by atoms with Crippen molar-refractivity contribution in [2.45, 2.75) is 23.6 Å². The van der Waals surface area contributed by atoms with Gasteiger partial charge in [-0.3, -0.25) is 4.79 Å². The van der Waals surface area contributed by atoms with Gasteiger partial charge in [0.1, 0.15) is 12.4 Å².